The molecular weight excluding hydrogens is 349 g/mol. The van der Waals surface area contributed by atoms with Gasteiger partial charge in [0.2, 0.25) is 0 Å². The molecule has 0 amide bonds. The summed E-state index contributed by atoms with van der Waals surface area (Å²) >= 11 is 5.91. The molecule has 0 bridgehead atoms. The first kappa shape index (κ1) is 17.3. The van der Waals surface area contributed by atoms with Crippen molar-refractivity contribution in [2.75, 3.05) is 10.6 Å². The average Bonchev–Trinajstić information content (AvgIpc) is 2.65. The summed E-state index contributed by atoms with van der Waals surface area (Å²) in [7, 11) is 0. The van der Waals surface area contributed by atoms with Gasteiger partial charge in [-0.25, -0.2) is 4.39 Å². The smallest absolute Gasteiger partial charge is 0.141 e. The number of para-hydroxylation sites is 2. The Kier molecular flexibility index (Phi) is 4.62. The van der Waals surface area contributed by atoms with E-state index in [1.54, 1.807) is 12.1 Å². The molecule has 4 rings (SSSR count). The molecule has 2 aliphatic rings. The third-order valence-corrected chi connectivity index (χ3v) is 5.83. The van der Waals surface area contributed by atoms with Crippen LogP contribution in [0.25, 0.3) is 0 Å². The number of aliphatic imine (C=N–C) groups is 1. The molecule has 2 aromatic rings. The SMILES string of the molecule is CC1CCC2(CC1)Nc1ccccc1NC2=NCc1ccc(F)c(Cl)c1. The number of anilines is 2. The van der Waals surface area contributed by atoms with E-state index in [4.69, 9.17) is 16.6 Å². The van der Waals surface area contributed by atoms with Crippen molar-refractivity contribution in [1.82, 2.24) is 0 Å². The first-order valence-electron chi connectivity index (χ1n) is 9.19. The molecule has 0 unspecified atom stereocenters. The molecule has 1 heterocycles. The van der Waals surface area contributed by atoms with E-state index in [2.05, 4.69) is 35.8 Å². The lowest BCUT2D eigenvalue weighted by atomic mass is 9.75. The molecule has 2 aromatic carbocycles. The summed E-state index contributed by atoms with van der Waals surface area (Å²) in [5, 5.41) is 7.45. The lowest BCUT2D eigenvalue weighted by molar-refractivity contribution is 0.321. The van der Waals surface area contributed by atoms with Crippen LogP contribution in [-0.4, -0.2) is 11.4 Å². The van der Waals surface area contributed by atoms with Crippen molar-refractivity contribution in [1.29, 1.82) is 0 Å². The van der Waals surface area contributed by atoms with Gasteiger partial charge in [0.15, 0.2) is 0 Å². The van der Waals surface area contributed by atoms with E-state index >= 15 is 0 Å². The van der Waals surface area contributed by atoms with E-state index in [-0.39, 0.29) is 10.6 Å². The standard InChI is InChI=1S/C21H23ClFN3/c1-14-8-10-21(11-9-14)20(25-18-4-2-3-5-19(18)26-21)24-13-15-6-7-17(23)16(22)12-15/h2-7,12,14,26H,8-11,13H2,1H3,(H,24,25). The number of fused-ring (bicyclic) bond motifs is 1. The van der Waals surface area contributed by atoms with Crippen LogP contribution in [0.15, 0.2) is 47.5 Å². The first-order chi connectivity index (χ1) is 12.6. The molecule has 3 nitrogen and oxygen atoms in total. The Hall–Kier alpha value is -2.07. The maximum atomic E-state index is 13.4. The number of nitrogens with one attached hydrogen (secondary N) is 2. The maximum Gasteiger partial charge on any atom is 0.141 e. The van der Waals surface area contributed by atoms with Gasteiger partial charge in [-0.05, 0) is 61.4 Å². The predicted molar refractivity (Wildman–Crippen MR) is 107 cm³/mol. The highest BCUT2D eigenvalue weighted by atomic mass is 35.5. The molecule has 26 heavy (non-hydrogen) atoms. The van der Waals surface area contributed by atoms with Crippen molar-refractivity contribution in [3.63, 3.8) is 0 Å². The summed E-state index contributed by atoms with van der Waals surface area (Å²) in [6.45, 7) is 2.79. The molecule has 0 atom stereocenters. The third kappa shape index (κ3) is 3.30. The van der Waals surface area contributed by atoms with Gasteiger partial charge in [-0.3, -0.25) is 4.99 Å². The Labute approximate surface area is 158 Å². The highest BCUT2D eigenvalue weighted by molar-refractivity contribution is 6.30. The van der Waals surface area contributed by atoms with Crippen molar-refractivity contribution >= 4 is 28.8 Å². The van der Waals surface area contributed by atoms with Crippen LogP contribution in [0.2, 0.25) is 5.02 Å². The number of nitrogens with zero attached hydrogens (tertiary/aromatic N) is 1. The summed E-state index contributed by atoms with van der Waals surface area (Å²) in [4.78, 5) is 4.89. The van der Waals surface area contributed by atoms with Gasteiger partial charge in [0.05, 0.1) is 28.5 Å². The zero-order chi connectivity index (χ0) is 18.1. The Balaban J connectivity index is 1.65. The van der Waals surface area contributed by atoms with Crippen LogP contribution in [0, 0.1) is 11.7 Å². The highest BCUT2D eigenvalue weighted by Crippen LogP contribution is 2.41. The van der Waals surface area contributed by atoms with Crippen LogP contribution in [0.1, 0.15) is 38.2 Å². The summed E-state index contributed by atoms with van der Waals surface area (Å²) in [5.41, 5.74) is 2.94. The van der Waals surface area contributed by atoms with Crippen LogP contribution < -0.4 is 10.6 Å². The van der Waals surface area contributed by atoms with Gasteiger partial charge in [0, 0.05) is 0 Å². The lowest BCUT2D eigenvalue weighted by Crippen LogP contribution is -2.54. The summed E-state index contributed by atoms with van der Waals surface area (Å²) in [6.07, 6.45) is 4.47. The van der Waals surface area contributed by atoms with Crippen LogP contribution in [0.4, 0.5) is 15.8 Å². The zero-order valence-corrected chi connectivity index (χ0v) is 15.6. The molecule has 5 heteroatoms. The van der Waals surface area contributed by atoms with Crippen LogP contribution in [0.5, 0.6) is 0 Å². The minimum absolute atomic E-state index is 0.143. The van der Waals surface area contributed by atoms with E-state index in [9.17, 15) is 4.39 Å². The Morgan fingerprint density at radius 3 is 2.62 bits per heavy atom. The third-order valence-electron chi connectivity index (χ3n) is 5.54. The van der Waals surface area contributed by atoms with Crippen molar-refractivity contribution in [2.24, 2.45) is 10.9 Å². The predicted octanol–water partition coefficient (Wildman–Crippen LogP) is 5.86. The molecule has 136 valence electrons. The second-order valence-electron chi connectivity index (χ2n) is 7.47. The van der Waals surface area contributed by atoms with Crippen LogP contribution >= 0.6 is 11.6 Å². The minimum atomic E-state index is -0.396. The molecule has 0 radical (unpaired) electrons. The number of hydrogen-bond acceptors (Lipinski definition) is 2. The quantitative estimate of drug-likeness (QED) is 0.693. The van der Waals surface area contributed by atoms with Gasteiger partial charge < -0.3 is 10.6 Å². The van der Waals surface area contributed by atoms with Crippen LogP contribution in [-0.2, 0) is 6.54 Å². The molecule has 1 spiro atoms. The van der Waals surface area contributed by atoms with Gasteiger partial charge in [-0.15, -0.1) is 0 Å². The van der Waals surface area contributed by atoms with Gasteiger partial charge in [0.1, 0.15) is 11.7 Å². The van der Waals surface area contributed by atoms with Gasteiger partial charge in [-0.2, -0.15) is 0 Å². The van der Waals surface area contributed by atoms with E-state index in [0.717, 1.165) is 41.5 Å². The Morgan fingerprint density at radius 2 is 1.88 bits per heavy atom. The highest BCUT2D eigenvalue weighted by Gasteiger charge is 2.42. The van der Waals surface area contributed by atoms with Crippen molar-refractivity contribution in [3.05, 3.63) is 58.9 Å². The molecule has 1 aliphatic carbocycles. The fourth-order valence-corrected chi connectivity index (χ4v) is 4.08. The topological polar surface area (TPSA) is 36.4 Å². The molecule has 1 saturated carbocycles. The molecule has 0 aromatic heterocycles. The van der Waals surface area contributed by atoms with Crippen LogP contribution in [0.3, 0.4) is 0 Å². The van der Waals surface area contributed by atoms with Gasteiger partial charge in [0.25, 0.3) is 0 Å². The number of hydrogen-bond donors (Lipinski definition) is 2. The average molecular weight is 372 g/mol. The van der Waals surface area contributed by atoms with E-state index in [0.29, 0.717) is 6.54 Å². The van der Waals surface area contributed by atoms with Gasteiger partial charge >= 0.3 is 0 Å². The second kappa shape index (κ2) is 6.92. The monoisotopic (exact) mass is 371 g/mol. The fourth-order valence-electron chi connectivity index (χ4n) is 3.88. The number of halogens is 2. The summed E-state index contributed by atoms with van der Waals surface area (Å²) in [6, 6.07) is 13.0. The molecule has 0 saturated heterocycles. The molecule has 1 aliphatic heterocycles. The fraction of sp³-hybridized carbons (Fsp3) is 0.381. The number of benzene rings is 2. The minimum Gasteiger partial charge on any atom is -0.371 e. The lowest BCUT2D eigenvalue weighted by Gasteiger charge is -2.45. The molecular formula is C21H23ClFN3. The van der Waals surface area contributed by atoms with Gasteiger partial charge in [-0.1, -0.05) is 36.7 Å². The summed E-state index contributed by atoms with van der Waals surface area (Å²) in [5.74, 6) is 1.33. The normalized spacial score (nSPS) is 26.3. The molecule has 2 N–H and O–H groups in total. The van der Waals surface area contributed by atoms with Crippen molar-refractivity contribution in [3.8, 4) is 0 Å². The largest absolute Gasteiger partial charge is 0.371 e. The zero-order valence-electron chi connectivity index (χ0n) is 14.9. The Morgan fingerprint density at radius 1 is 1.15 bits per heavy atom. The van der Waals surface area contributed by atoms with E-state index in [1.807, 2.05) is 6.07 Å². The van der Waals surface area contributed by atoms with E-state index < -0.39 is 5.82 Å². The maximum absolute atomic E-state index is 13.4. The number of rotatable bonds is 2. The Bertz CT molecular complexity index is 841. The molecule has 1 fully saturated rings. The second-order valence-corrected chi connectivity index (χ2v) is 7.88. The number of amidine groups is 1. The van der Waals surface area contributed by atoms with E-state index in [1.165, 1.54) is 18.9 Å². The van der Waals surface area contributed by atoms with Crippen molar-refractivity contribution < 1.29 is 4.39 Å². The van der Waals surface area contributed by atoms with Crippen molar-refractivity contribution in [2.45, 2.75) is 44.7 Å². The first-order valence-corrected chi connectivity index (χ1v) is 9.57. The summed E-state index contributed by atoms with van der Waals surface area (Å²) < 4.78 is 13.4.